The van der Waals surface area contributed by atoms with Crippen molar-refractivity contribution in [3.8, 4) is 0 Å². The molecule has 0 amide bonds. The fraction of sp³-hybridized carbons (Fsp3) is 0.800. The second kappa shape index (κ2) is 4.70. The van der Waals surface area contributed by atoms with Crippen molar-refractivity contribution in [2.75, 3.05) is 14.1 Å². The molecule has 0 radical (unpaired) electrons. The van der Waals surface area contributed by atoms with Crippen molar-refractivity contribution in [2.24, 2.45) is 11.8 Å². The summed E-state index contributed by atoms with van der Waals surface area (Å²) in [6.07, 6.45) is 0. The first kappa shape index (κ1) is 11.8. The molecule has 0 aromatic heterocycles. The van der Waals surface area contributed by atoms with Crippen LogP contribution in [0.25, 0.3) is 0 Å². The number of rotatable bonds is 3. The van der Waals surface area contributed by atoms with Gasteiger partial charge in [0.1, 0.15) is 0 Å². The van der Waals surface area contributed by atoms with Gasteiger partial charge in [0.05, 0.1) is 0 Å². The van der Waals surface area contributed by atoms with E-state index in [0.29, 0.717) is 5.92 Å². The molecule has 72 valence electrons. The summed E-state index contributed by atoms with van der Waals surface area (Å²) in [7, 11) is 5.49. The Hall–Kier alpha value is -0.243. The summed E-state index contributed by atoms with van der Waals surface area (Å²) in [5.41, 5.74) is 1.54. The second-order valence-corrected chi connectivity index (χ2v) is 5.35. The lowest BCUT2D eigenvalue weighted by molar-refractivity contribution is 0.436. The minimum absolute atomic E-state index is 0.662. The summed E-state index contributed by atoms with van der Waals surface area (Å²) in [6, 6.07) is 0. The zero-order chi connectivity index (χ0) is 9.89. The lowest BCUT2D eigenvalue weighted by Gasteiger charge is -2.25. The van der Waals surface area contributed by atoms with Crippen LogP contribution < -0.4 is 0 Å². The summed E-state index contributed by atoms with van der Waals surface area (Å²) in [5, 5.41) is 1.65. The van der Waals surface area contributed by atoms with E-state index in [9.17, 15) is 0 Å². The topological polar surface area (TPSA) is 3.24 Å². The van der Waals surface area contributed by atoms with Gasteiger partial charge in [-0.1, -0.05) is 32.9 Å². The maximum absolute atomic E-state index is 2.29. The number of hydrogen-bond donors (Lipinski definition) is 0. The Labute approximate surface area is 80.3 Å². The Morgan fingerprint density at radius 1 is 1.00 bits per heavy atom. The minimum Gasteiger partial charge on any atom is -0.381 e. The van der Waals surface area contributed by atoms with Gasteiger partial charge in [-0.05, 0) is 11.8 Å². The Morgan fingerprint density at radius 3 is 1.50 bits per heavy atom. The first-order valence-corrected chi connectivity index (χ1v) is 5.75. The van der Waals surface area contributed by atoms with Gasteiger partial charge in [-0.15, -0.1) is 0 Å². The first-order valence-electron chi connectivity index (χ1n) is 4.75. The molecular formula is C10H23NSi. The van der Waals surface area contributed by atoms with E-state index in [4.69, 9.17) is 0 Å². The minimum atomic E-state index is 0.662. The van der Waals surface area contributed by atoms with Gasteiger partial charge in [-0.25, -0.2) is 0 Å². The number of allylic oxidation sites excluding steroid dienone is 2. The highest BCUT2D eigenvalue weighted by atomic mass is 28.1. The highest BCUT2D eigenvalue weighted by molar-refractivity contribution is 6.22. The largest absolute Gasteiger partial charge is 0.381 e. The fourth-order valence-electron chi connectivity index (χ4n) is 1.62. The number of hydrogen-bond acceptors (Lipinski definition) is 1. The Kier molecular flexibility index (Phi) is 4.61. The number of nitrogens with zero attached hydrogens (tertiary/aromatic N) is 1. The average Bonchev–Trinajstić information content (AvgIpc) is 1.85. The maximum atomic E-state index is 2.29. The zero-order valence-electron chi connectivity index (χ0n) is 9.60. The highest BCUT2D eigenvalue weighted by Gasteiger charge is 2.11. The van der Waals surface area contributed by atoms with Crippen molar-refractivity contribution in [3.63, 3.8) is 0 Å². The van der Waals surface area contributed by atoms with Crippen LogP contribution in [0.5, 0.6) is 0 Å². The predicted molar refractivity (Wildman–Crippen MR) is 60.3 cm³/mol. The van der Waals surface area contributed by atoms with Gasteiger partial charge < -0.3 is 4.90 Å². The molecular weight excluding hydrogens is 162 g/mol. The van der Waals surface area contributed by atoms with Crippen molar-refractivity contribution in [3.05, 3.63) is 10.9 Å². The van der Waals surface area contributed by atoms with Crippen LogP contribution in [-0.4, -0.2) is 29.2 Å². The molecule has 0 aliphatic heterocycles. The molecule has 0 aromatic carbocycles. The van der Waals surface area contributed by atoms with Crippen molar-refractivity contribution in [2.45, 2.75) is 27.7 Å². The smallest absolute Gasteiger partial charge is 0.0359 e. The van der Waals surface area contributed by atoms with Crippen molar-refractivity contribution in [1.29, 1.82) is 0 Å². The lowest BCUT2D eigenvalue weighted by atomic mass is 10.0. The van der Waals surface area contributed by atoms with Crippen molar-refractivity contribution in [1.82, 2.24) is 4.90 Å². The Bertz CT molecular complexity index is 159. The first-order chi connectivity index (χ1) is 5.37. The van der Waals surface area contributed by atoms with E-state index in [2.05, 4.69) is 46.7 Å². The molecule has 0 heterocycles. The molecule has 1 nitrogen and oxygen atoms in total. The van der Waals surface area contributed by atoms with E-state index in [1.165, 1.54) is 15.9 Å². The van der Waals surface area contributed by atoms with Gasteiger partial charge in [0.25, 0.3) is 0 Å². The molecule has 0 N–H and O–H groups in total. The van der Waals surface area contributed by atoms with Gasteiger partial charge in [-0.3, -0.25) is 0 Å². The summed E-state index contributed by atoms with van der Waals surface area (Å²) in [4.78, 5) is 2.27. The van der Waals surface area contributed by atoms with Crippen LogP contribution in [0.4, 0.5) is 0 Å². The third-order valence-electron chi connectivity index (χ3n) is 2.30. The SMILES string of the molecule is CC(C)C([SiH3])=C(C(C)C)N(C)C. The molecule has 0 rings (SSSR count). The van der Waals surface area contributed by atoms with E-state index in [-0.39, 0.29) is 0 Å². The van der Waals surface area contributed by atoms with Gasteiger partial charge in [0, 0.05) is 30.0 Å². The van der Waals surface area contributed by atoms with E-state index in [1.54, 1.807) is 5.20 Å². The monoisotopic (exact) mass is 185 g/mol. The van der Waals surface area contributed by atoms with E-state index >= 15 is 0 Å². The molecule has 0 saturated carbocycles. The van der Waals surface area contributed by atoms with Crippen LogP contribution in [0.2, 0.25) is 0 Å². The van der Waals surface area contributed by atoms with E-state index in [0.717, 1.165) is 5.92 Å². The standard InChI is InChI=1S/C10H23NSi/c1-7(2)9(11(5)6)10(12)8(3)4/h7-8H,1-6,12H3. The molecule has 0 aromatic rings. The van der Waals surface area contributed by atoms with Crippen molar-refractivity contribution >= 4 is 10.2 Å². The van der Waals surface area contributed by atoms with Crippen LogP contribution in [-0.2, 0) is 0 Å². The summed E-state index contributed by atoms with van der Waals surface area (Å²) in [6.45, 7) is 9.12. The second-order valence-electron chi connectivity index (χ2n) is 4.27. The van der Waals surface area contributed by atoms with Gasteiger partial charge in [0.2, 0.25) is 0 Å². The maximum Gasteiger partial charge on any atom is 0.0359 e. The van der Waals surface area contributed by atoms with Crippen molar-refractivity contribution < 1.29 is 0 Å². The lowest BCUT2D eigenvalue weighted by Crippen LogP contribution is -2.20. The van der Waals surface area contributed by atoms with Gasteiger partial charge in [-0.2, -0.15) is 0 Å². The fourth-order valence-corrected chi connectivity index (χ4v) is 2.64. The third-order valence-corrected chi connectivity index (χ3v) is 3.97. The molecule has 0 bridgehead atoms. The van der Waals surface area contributed by atoms with Crippen LogP contribution in [0.3, 0.4) is 0 Å². The highest BCUT2D eigenvalue weighted by Crippen LogP contribution is 2.20. The quantitative estimate of drug-likeness (QED) is 0.601. The third kappa shape index (κ3) is 3.01. The molecule has 2 heteroatoms. The van der Waals surface area contributed by atoms with Crippen LogP contribution in [0.15, 0.2) is 10.9 Å². The normalized spacial score (nSPS) is 14.0. The summed E-state index contributed by atoms with van der Waals surface area (Å²) < 4.78 is 0. The molecule has 0 spiro atoms. The molecule has 0 aliphatic carbocycles. The molecule has 12 heavy (non-hydrogen) atoms. The zero-order valence-corrected chi connectivity index (χ0v) is 11.6. The predicted octanol–water partition coefficient (Wildman–Crippen LogP) is 1.44. The molecule has 0 fully saturated rings. The Balaban J connectivity index is 4.81. The van der Waals surface area contributed by atoms with Gasteiger partial charge in [0.15, 0.2) is 0 Å². The Morgan fingerprint density at radius 2 is 1.42 bits per heavy atom. The summed E-state index contributed by atoms with van der Waals surface area (Å²) in [5.74, 6) is 1.38. The van der Waals surface area contributed by atoms with Gasteiger partial charge >= 0.3 is 0 Å². The van der Waals surface area contributed by atoms with E-state index in [1.807, 2.05) is 0 Å². The molecule has 0 unspecified atom stereocenters. The molecule has 0 atom stereocenters. The van der Waals surface area contributed by atoms with E-state index < -0.39 is 0 Å². The average molecular weight is 185 g/mol. The van der Waals surface area contributed by atoms with Crippen LogP contribution in [0, 0.1) is 11.8 Å². The summed E-state index contributed by atoms with van der Waals surface area (Å²) >= 11 is 0. The molecule has 0 saturated heterocycles. The van der Waals surface area contributed by atoms with Crippen LogP contribution >= 0.6 is 0 Å². The van der Waals surface area contributed by atoms with Crippen LogP contribution in [0.1, 0.15) is 27.7 Å². The molecule has 0 aliphatic rings.